The minimum absolute atomic E-state index is 0.0255. The van der Waals surface area contributed by atoms with Gasteiger partial charge in [-0.1, -0.05) is 17.7 Å². The van der Waals surface area contributed by atoms with Crippen molar-refractivity contribution in [2.24, 2.45) is 0 Å². The lowest BCUT2D eigenvalue weighted by Gasteiger charge is -2.34. The second kappa shape index (κ2) is 5.02. The Hall–Kier alpha value is -1.10. The molecular formula is C15H19ClN2O2. The summed E-state index contributed by atoms with van der Waals surface area (Å²) in [5.74, 6) is 0.0255. The van der Waals surface area contributed by atoms with Crippen LogP contribution in [0.4, 0.5) is 5.69 Å². The highest BCUT2D eigenvalue weighted by molar-refractivity contribution is 6.32. The van der Waals surface area contributed by atoms with E-state index in [0.29, 0.717) is 11.4 Å². The summed E-state index contributed by atoms with van der Waals surface area (Å²) >= 11 is 6.42. The molecule has 2 atom stereocenters. The van der Waals surface area contributed by atoms with E-state index in [1.165, 1.54) is 0 Å². The molecule has 0 aromatic heterocycles. The summed E-state index contributed by atoms with van der Waals surface area (Å²) in [6, 6.07) is 3.90. The van der Waals surface area contributed by atoms with Crippen LogP contribution in [0.5, 0.6) is 0 Å². The van der Waals surface area contributed by atoms with Crippen LogP contribution in [-0.2, 0) is 16.0 Å². The fourth-order valence-corrected chi connectivity index (χ4v) is 3.58. The smallest absolute Gasteiger partial charge is 0.228 e. The highest BCUT2D eigenvalue weighted by Crippen LogP contribution is 2.41. The molecular weight excluding hydrogens is 276 g/mol. The fraction of sp³-hybridized carbons (Fsp3) is 0.533. The van der Waals surface area contributed by atoms with E-state index in [4.69, 9.17) is 16.3 Å². The molecule has 1 fully saturated rings. The van der Waals surface area contributed by atoms with Crippen molar-refractivity contribution < 1.29 is 9.53 Å². The predicted molar refractivity (Wildman–Crippen MR) is 79.2 cm³/mol. The maximum Gasteiger partial charge on any atom is 0.228 e. The van der Waals surface area contributed by atoms with Crippen LogP contribution in [0.15, 0.2) is 12.1 Å². The molecule has 0 radical (unpaired) electrons. The molecule has 2 unspecified atom stereocenters. The van der Waals surface area contributed by atoms with Gasteiger partial charge in [-0.3, -0.25) is 4.79 Å². The van der Waals surface area contributed by atoms with Crippen LogP contribution < -0.4 is 10.6 Å². The zero-order chi connectivity index (χ0) is 14.3. The van der Waals surface area contributed by atoms with Gasteiger partial charge in [-0.05, 0) is 44.0 Å². The number of fused-ring (bicyclic) bond motifs is 1. The highest BCUT2D eigenvalue weighted by Gasteiger charge is 2.40. The molecule has 3 rings (SSSR count). The van der Waals surface area contributed by atoms with Crippen molar-refractivity contribution in [1.29, 1.82) is 0 Å². The first-order chi connectivity index (χ1) is 9.53. The molecule has 1 amide bonds. The Morgan fingerprint density at radius 3 is 2.95 bits per heavy atom. The molecule has 108 valence electrons. The standard InChI is InChI=1S/C15H19ClN2O2/c1-15(4-3-5-20-15)14(17-2)10-6-9-7-13(19)18-12(9)8-11(10)16/h6,8,14,17H,3-5,7H2,1-2H3,(H,18,19). The van der Waals surface area contributed by atoms with E-state index in [0.717, 1.165) is 36.3 Å². The summed E-state index contributed by atoms with van der Waals surface area (Å²) in [6.07, 6.45) is 2.49. The van der Waals surface area contributed by atoms with E-state index >= 15 is 0 Å². The molecule has 20 heavy (non-hydrogen) atoms. The van der Waals surface area contributed by atoms with Gasteiger partial charge in [0, 0.05) is 17.3 Å². The average molecular weight is 295 g/mol. The summed E-state index contributed by atoms with van der Waals surface area (Å²) in [4.78, 5) is 11.5. The van der Waals surface area contributed by atoms with Gasteiger partial charge < -0.3 is 15.4 Å². The van der Waals surface area contributed by atoms with Crippen LogP contribution in [-0.4, -0.2) is 25.2 Å². The number of halogens is 1. The van der Waals surface area contributed by atoms with E-state index in [9.17, 15) is 4.79 Å². The summed E-state index contributed by atoms with van der Waals surface area (Å²) in [5, 5.41) is 6.82. The zero-order valence-corrected chi connectivity index (χ0v) is 12.5. The third-order valence-electron chi connectivity index (χ3n) is 4.31. The van der Waals surface area contributed by atoms with Crippen molar-refractivity contribution in [1.82, 2.24) is 5.32 Å². The lowest BCUT2D eigenvalue weighted by atomic mass is 9.87. The minimum Gasteiger partial charge on any atom is -0.373 e. The highest BCUT2D eigenvalue weighted by atomic mass is 35.5. The molecule has 0 spiro atoms. The number of nitrogens with one attached hydrogen (secondary N) is 2. The van der Waals surface area contributed by atoms with Crippen LogP contribution in [0.2, 0.25) is 5.02 Å². The molecule has 2 heterocycles. The Labute approximate surface area is 123 Å². The van der Waals surface area contributed by atoms with Crippen molar-refractivity contribution in [3.8, 4) is 0 Å². The van der Waals surface area contributed by atoms with E-state index in [2.05, 4.69) is 17.6 Å². The van der Waals surface area contributed by atoms with Crippen molar-refractivity contribution in [2.45, 2.75) is 37.8 Å². The first kappa shape index (κ1) is 13.9. The minimum atomic E-state index is -0.247. The van der Waals surface area contributed by atoms with Gasteiger partial charge in [0.1, 0.15) is 0 Å². The Morgan fingerprint density at radius 1 is 1.50 bits per heavy atom. The molecule has 1 aromatic carbocycles. The molecule has 0 saturated carbocycles. The first-order valence-electron chi connectivity index (χ1n) is 6.97. The van der Waals surface area contributed by atoms with Gasteiger partial charge in [-0.15, -0.1) is 0 Å². The molecule has 2 aliphatic heterocycles. The summed E-state index contributed by atoms with van der Waals surface area (Å²) in [7, 11) is 1.92. The maximum atomic E-state index is 11.5. The first-order valence-corrected chi connectivity index (χ1v) is 7.35. The molecule has 5 heteroatoms. The van der Waals surface area contributed by atoms with Gasteiger partial charge in [0.25, 0.3) is 0 Å². The normalized spacial score (nSPS) is 26.4. The number of benzene rings is 1. The fourth-order valence-electron chi connectivity index (χ4n) is 3.31. The van der Waals surface area contributed by atoms with Crippen molar-refractivity contribution in [3.05, 3.63) is 28.3 Å². The second-order valence-electron chi connectivity index (χ2n) is 5.74. The van der Waals surface area contributed by atoms with Gasteiger partial charge in [0.05, 0.1) is 18.1 Å². The van der Waals surface area contributed by atoms with Crippen LogP contribution in [0.25, 0.3) is 0 Å². The molecule has 2 aliphatic rings. The van der Waals surface area contributed by atoms with Gasteiger partial charge >= 0.3 is 0 Å². The molecule has 2 N–H and O–H groups in total. The van der Waals surface area contributed by atoms with Crippen molar-refractivity contribution in [2.75, 3.05) is 19.0 Å². The predicted octanol–water partition coefficient (Wildman–Crippen LogP) is 2.66. The summed E-state index contributed by atoms with van der Waals surface area (Å²) < 4.78 is 5.94. The average Bonchev–Trinajstić information content (AvgIpc) is 2.96. The number of carbonyl (C=O) groups is 1. The number of amides is 1. The quantitative estimate of drug-likeness (QED) is 0.901. The van der Waals surface area contributed by atoms with E-state index in [1.54, 1.807) is 0 Å². The van der Waals surface area contributed by atoms with Gasteiger partial charge in [-0.25, -0.2) is 0 Å². The molecule has 0 bridgehead atoms. The molecule has 4 nitrogen and oxygen atoms in total. The number of hydrogen-bond acceptors (Lipinski definition) is 3. The van der Waals surface area contributed by atoms with Crippen LogP contribution in [0, 0.1) is 0 Å². The van der Waals surface area contributed by atoms with E-state index in [-0.39, 0.29) is 17.6 Å². The van der Waals surface area contributed by atoms with E-state index < -0.39 is 0 Å². The lowest BCUT2D eigenvalue weighted by molar-refractivity contribution is -0.115. The van der Waals surface area contributed by atoms with E-state index in [1.807, 2.05) is 19.2 Å². The van der Waals surface area contributed by atoms with Gasteiger partial charge in [-0.2, -0.15) is 0 Å². The van der Waals surface area contributed by atoms with Crippen molar-refractivity contribution >= 4 is 23.2 Å². The maximum absolute atomic E-state index is 11.5. The SMILES string of the molecule is CNC(c1cc2c(cc1Cl)NC(=O)C2)C1(C)CCCO1. The Balaban J connectivity index is 2.00. The van der Waals surface area contributed by atoms with Crippen LogP contribution in [0.3, 0.4) is 0 Å². The third kappa shape index (κ3) is 2.22. The summed E-state index contributed by atoms with van der Waals surface area (Å²) in [6.45, 7) is 2.91. The van der Waals surface area contributed by atoms with Crippen molar-refractivity contribution in [3.63, 3.8) is 0 Å². The number of ether oxygens (including phenoxy) is 1. The third-order valence-corrected chi connectivity index (χ3v) is 4.63. The molecule has 0 aliphatic carbocycles. The number of hydrogen-bond donors (Lipinski definition) is 2. The Bertz CT molecular complexity index is 553. The Kier molecular flexibility index (Phi) is 3.48. The van der Waals surface area contributed by atoms with Gasteiger partial charge in [0.2, 0.25) is 5.91 Å². The number of carbonyl (C=O) groups excluding carboxylic acids is 1. The summed E-state index contributed by atoms with van der Waals surface area (Å²) in [5.41, 5.74) is 2.60. The number of anilines is 1. The monoisotopic (exact) mass is 294 g/mol. The Morgan fingerprint density at radius 2 is 2.30 bits per heavy atom. The molecule has 1 aromatic rings. The van der Waals surface area contributed by atoms with Crippen LogP contribution >= 0.6 is 11.6 Å². The lowest BCUT2D eigenvalue weighted by Crippen LogP contribution is -2.39. The largest absolute Gasteiger partial charge is 0.373 e. The number of likely N-dealkylation sites (N-methyl/N-ethyl adjacent to an activating group) is 1. The second-order valence-corrected chi connectivity index (χ2v) is 6.15. The molecule has 1 saturated heterocycles. The topological polar surface area (TPSA) is 50.4 Å². The number of rotatable bonds is 3. The van der Waals surface area contributed by atoms with Crippen LogP contribution in [0.1, 0.15) is 36.9 Å². The van der Waals surface area contributed by atoms with Gasteiger partial charge in [0.15, 0.2) is 0 Å². The zero-order valence-electron chi connectivity index (χ0n) is 11.8.